The molecular weight excluding hydrogens is 327 g/mol. The van der Waals surface area contributed by atoms with Crippen LogP contribution in [0.15, 0.2) is 58.1 Å². The van der Waals surface area contributed by atoms with Crippen molar-refractivity contribution >= 4 is 31.6 Å². The normalized spacial score (nSPS) is 11.2. The van der Waals surface area contributed by atoms with E-state index in [0.29, 0.717) is 21.7 Å². The van der Waals surface area contributed by atoms with E-state index in [1.54, 1.807) is 19.1 Å². The van der Waals surface area contributed by atoms with Crippen molar-refractivity contribution in [3.05, 3.63) is 80.7 Å². The van der Waals surface area contributed by atoms with Crippen LogP contribution in [0.4, 0.5) is 4.39 Å². The fraction of sp³-hybridized carbons (Fsp3) is 0.0556. The molecule has 0 spiro atoms. The zero-order valence-electron chi connectivity index (χ0n) is 12.6. The van der Waals surface area contributed by atoms with Gasteiger partial charge in [-0.05, 0) is 43.3 Å². The molecule has 0 aliphatic heterocycles. The van der Waals surface area contributed by atoms with E-state index >= 15 is 0 Å². The fourth-order valence-corrected chi connectivity index (χ4v) is 3.83. The molecule has 0 fully saturated rings. The minimum Gasteiger partial charge on any atom is -0.288 e. The summed E-state index contributed by atoms with van der Waals surface area (Å²) in [7, 11) is 0. The average molecular weight is 338 g/mol. The monoisotopic (exact) mass is 338 g/mol. The Hall–Kier alpha value is -2.86. The maximum Gasteiger partial charge on any atom is 0.270 e. The lowest BCUT2D eigenvalue weighted by Crippen LogP contribution is -2.26. The Morgan fingerprint density at radius 2 is 1.75 bits per heavy atom. The van der Waals surface area contributed by atoms with Gasteiger partial charge in [-0.25, -0.2) is 9.37 Å². The Labute approximate surface area is 139 Å². The van der Waals surface area contributed by atoms with E-state index in [4.69, 9.17) is 0 Å². The van der Waals surface area contributed by atoms with Crippen LogP contribution in [0.25, 0.3) is 26.0 Å². The van der Waals surface area contributed by atoms with E-state index in [1.807, 2.05) is 12.1 Å². The number of hydrogen-bond acceptors (Lipinski definition) is 4. The Morgan fingerprint density at radius 1 is 1.04 bits per heavy atom. The van der Waals surface area contributed by atoms with Gasteiger partial charge in [0.25, 0.3) is 5.56 Å². The molecule has 118 valence electrons. The lowest BCUT2D eigenvalue weighted by atomic mass is 10.2. The van der Waals surface area contributed by atoms with Crippen molar-refractivity contribution in [1.82, 2.24) is 9.55 Å². The van der Waals surface area contributed by atoms with Crippen molar-refractivity contribution < 1.29 is 4.39 Å². The van der Waals surface area contributed by atoms with Crippen LogP contribution in [0.5, 0.6) is 0 Å². The van der Waals surface area contributed by atoms with Gasteiger partial charge in [0.2, 0.25) is 5.43 Å². The molecule has 2 aromatic carbocycles. The number of rotatable bonds is 1. The Bertz CT molecular complexity index is 1210. The molecule has 0 aliphatic carbocycles. The first kappa shape index (κ1) is 14.7. The van der Waals surface area contributed by atoms with Crippen LogP contribution in [0.1, 0.15) is 5.82 Å². The summed E-state index contributed by atoms with van der Waals surface area (Å²) in [5.41, 5.74) is -0.283. The Morgan fingerprint density at radius 3 is 2.50 bits per heavy atom. The molecule has 24 heavy (non-hydrogen) atoms. The zero-order valence-corrected chi connectivity index (χ0v) is 13.4. The topological polar surface area (TPSA) is 52.0 Å². The van der Waals surface area contributed by atoms with Gasteiger partial charge in [0.1, 0.15) is 21.9 Å². The van der Waals surface area contributed by atoms with Crippen LogP contribution in [0.3, 0.4) is 0 Å². The van der Waals surface area contributed by atoms with Gasteiger partial charge in [0.15, 0.2) is 0 Å². The van der Waals surface area contributed by atoms with Gasteiger partial charge < -0.3 is 0 Å². The van der Waals surface area contributed by atoms with Gasteiger partial charge in [0, 0.05) is 10.1 Å². The lowest BCUT2D eigenvalue weighted by Gasteiger charge is -2.10. The number of hydrogen-bond donors (Lipinski definition) is 0. The minimum absolute atomic E-state index is 0.0635. The van der Waals surface area contributed by atoms with E-state index in [0.717, 1.165) is 4.70 Å². The number of fused-ring (bicyclic) bond motifs is 2. The van der Waals surface area contributed by atoms with E-state index in [9.17, 15) is 14.0 Å². The summed E-state index contributed by atoms with van der Waals surface area (Å²) in [6.45, 7) is 1.69. The smallest absolute Gasteiger partial charge is 0.270 e. The molecule has 2 aromatic heterocycles. The largest absolute Gasteiger partial charge is 0.288 e. The summed E-state index contributed by atoms with van der Waals surface area (Å²) < 4.78 is 15.3. The SMILES string of the molecule is Cc1nc2sc3ccccc3c(=O)c2c(=O)n1-c1ccc(F)cc1. The number of halogens is 1. The number of aromatic nitrogens is 2. The van der Waals surface area contributed by atoms with E-state index < -0.39 is 11.4 Å². The predicted molar refractivity (Wildman–Crippen MR) is 93.7 cm³/mol. The molecule has 0 N–H and O–H groups in total. The third-order valence-electron chi connectivity index (χ3n) is 3.87. The minimum atomic E-state index is -0.434. The average Bonchev–Trinajstić information content (AvgIpc) is 2.56. The van der Waals surface area contributed by atoms with Crippen molar-refractivity contribution in [2.24, 2.45) is 0 Å². The second kappa shape index (κ2) is 5.35. The summed E-state index contributed by atoms with van der Waals surface area (Å²) in [4.78, 5) is 30.5. The molecule has 0 amide bonds. The van der Waals surface area contributed by atoms with E-state index in [-0.39, 0.29) is 10.8 Å². The second-order valence-corrected chi connectivity index (χ2v) is 6.41. The molecule has 4 aromatic rings. The predicted octanol–water partition coefficient (Wildman–Crippen LogP) is 3.41. The molecule has 4 nitrogen and oxygen atoms in total. The molecule has 4 rings (SSSR count). The molecule has 0 saturated heterocycles. The second-order valence-electron chi connectivity index (χ2n) is 5.38. The van der Waals surface area contributed by atoms with Crippen molar-refractivity contribution in [2.45, 2.75) is 6.92 Å². The molecule has 2 heterocycles. The summed E-state index contributed by atoms with van der Waals surface area (Å²) in [5.74, 6) is 0.0565. The molecular formula is C18H11FN2O2S. The fourth-order valence-electron chi connectivity index (χ4n) is 2.75. The molecule has 6 heteroatoms. The van der Waals surface area contributed by atoms with Gasteiger partial charge >= 0.3 is 0 Å². The highest BCUT2D eigenvalue weighted by atomic mass is 32.1. The summed E-state index contributed by atoms with van der Waals surface area (Å²) >= 11 is 1.32. The standard InChI is InChI=1S/C18H11FN2O2S/c1-10-20-17-15(16(22)13-4-2-3-5-14(13)24-17)18(23)21(10)12-8-6-11(19)7-9-12/h2-9H,1H3. The number of nitrogens with zero attached hydrogens (tertiary/aromatic N) is 2. The van der Waals surface area contributed by atoms with Crippen molar-refractivity contribution in [2.75, 3.05) is 0 Å². The highest BCUT2D eigenvalue weighted by molar-refractivity contribution is 7.24. The first-order chi connectivity index (χ1) is 11.6. The third kappa shape index (κ3) is 2.15. The number of aryl methyl sites for hydroxylation is 1. The zero-order chi connectivity index (χ0) is 16.8. The summed E-state index contributed by atoms with van der Waals surface area (Å²) in [5, 5.41) is 0.567. The van der Waals surface area contributed by atoms with Gasteiger partial charge in [-0.2, -0.15) is 0 Å². The van der Waals surface area contributed by atoms with Crippen LogP contribution in [0, 0.1) is 12.7 Å². The summed E-state index contributed by atoms with van der Waals surface area (Å²) in [6, 6.07) is 12.7. The molecule has 0 aliphatic rings. The molecule has 0 atom stereocenters. The first-order valence-electron chi connectivity index (χ1n) is 7.27. The Balaban J connectivity index is 2.16. The highest BCUT2D eigenvalue weighted by Gasteiger charge is 2.15. The molecule has 0 bridgehead atoms. The van der Waals surface area contributed by atoms with Gasteiger partial charge in [-0.3, -0.25) is 14.2 Å². The maximum absolute atomic E-state index is 13.1. The van der Waals surface area contributed by atoms with Crippen LogP contribution in [0.2, 0.25) is 0 Å². The van der Waals surface area contributed by atoms with Gasteiger partial charge in [0.05, 0.1) is 5.69 Å². The number of benzene rings is 2. The Kier molecular flexibility index (Phi) is 3.28. The van der Waals surface area contributed by atoms with Crippen LogP contribution >= 0.6 is 11.3 Å². The third-order valence-corrected chi connectivity index (χ3v) is 4.93. The van der Waals surface area contributed by atoms with Crippen molar-refractivity contribution in [1.29, 1.82) is 0 Å². The maximum atomic E-state index is 13.1. The quantitative estimate of drug-likeness (QED) is 0.500. The molecule has 0 saturated carbocycles. The summed E-state index contributed by atoms with van der Waals surface area (Å²) in [6.07, 6.45) is 0. The van der Waals surface area contributed by atoms with Crippen molar-refractivity contribution in [3.63, 3.8) is 0 Å². The van der Waals surface area contributed by atoms with Gasteiger partial charge in [-0.15, -0.1) is 11.3 Å². The van der Waals surface area contributed by atoms with Crippen molar-refractivity contribution in [3.8, 4) is 5.69 Å². The molecule has 0 unspecified atom stereocenters. The molecule has 0 radical (unpaired) electrons. The van der Waals surface area contributed by atoms with E-state index in [2.05, 4.69) is 4.98 Å². The highest BCUT2D eigenvalue weighted by Crippen LogP contribution is 2.22. The first-order valence-corrected chi connectivity index (χ1v) is 8.09. The van der Waals surface area contributed by atoms with Crippen LogP contribution in [-0.2, 0) is 0 Å². The van der Waals surface area contributed by atoms with E-state index in [1.165, 1.54) is 40.2 Å². The van der Waals surface area contributed by atoms with Gasteiger partial charge in [-0.1, -0.05) is 12.1 Å². The van der Waals surface area contributed by atoms with Crippen LogP contribution < -0.4 is 11.0 Å². The lowest BCUT2D eigenvalue weighted by molar-refractivity contribution is 0.627. The van der Waals surface area contributed by atoms with Crippen LogP contribution in [-0.4, -0.2) is 9.55 Å².